The maximum atomic E-state index is 13.0. The Hall–Kier alpha value is -2.80. The number of rotatable bonds is 6. The van der Waals surface area contributed by atoms with Gasteiger partial charge in [0.2, 0.25) is 5.91 Å². The summed E-state index contributed by atoms with van der Waals surface area (Å²) in [4.78, 5) is 15.8. The fourth-order valence-corrected chi connectivity index (χ4v) is 4.26. The lowest BCUT2D eigenvalue weighted by Gasteiger charge is -2.32. The summed E-state index contributed by atoms with van der Waals surface area (Å²) in [5.41, 5.74) is 1.88. The zero-order valence-corrected chi connectivity index (χ0v) is 16.9. The van der Waals surface area contributed by atoms with Crippen LogP contribution in [0.15, 0.2) is 53.9 Å². The van der Waals surface area contributed by atoms with E-state index in [0.29, 0.717) is 19.5 Å². The highest BCUT2D eigenvalue weighted by Crippen LogP contribution is 2.25. The molecule has 1 unspecified atom stereocenters. The molecule has 1 aliphatic heterocycles. The van der Waals surface area contributed by atoms with Crippen molar-refractivity contribution in [3.63, 3.8) is 0 Å². The van der Waals surface area contributed by atoms with Gasteiger partial charge in [-0.1, -0.05) is 18.2 Å². The first-order chi connectivity index (χ1) is 14.2. The molecule has 1 aliphatic rings. The van der Waals surface area contributed by atoms with E-state index in [9.17, 15) is 9.18 Å². The van der Waals surface area contributed by atoms with Crippen molar-refractivity contribution in [2.24, 2.45) is 5.92 Å². The molecule has 3 aromatic rings. The Kier molecular flexibility index (Phi) is 6.14. The Bertz CT molecular complexity index is 928. The normalized spacial score (nSPS) is 16.6. The lowest BCUT2D eigenvalue weighted by molar-refractivity contribution is -0.125. The van der Waals surface area contributed by atoms with E-state index in [1.165, 1.54) is 12.1 Å². The number of hydrogen-bond donors (Lipinski definition) is 1. The molecule has 1 aromatic carbocycles. The van der Waals surface area contributed by atoms with Gasteiger partial charge in [0.25, 0.3) is 0 Å². The molecule has 0 radical (unpaired) electrons. The van der Waals surface area contributed by atoms with Gasteiger partial charge in [-0.15, -0.1) is 21.5 Å². The second kappa shape index (κ2) is 9.13. The molecule has 0 bridgehead atoms. The van der Waals surface area contributed by atoms with Crippen LogP contribution in [0.1, 0.15) is 18.4 Å². The summed E-state index contributed by atoms with van der Waals surface area (Å²) in [6, 6.07) is 14.4. The summed E-state index contributed by atoms with van der Waals surface area (Å²) in [5, 5.41) is 13.8. The molecular weight excluding hydrogens is 387 g/mol. The van der Waals surface area contributed by atoms with E-state index in [2.05, 4.69) is 20.4 Å². The molecule has 1 amide bonds. The van der Waals surface area contributed by atoms with Gasteiger partial charge >= 0.3 is 0 Å². The predicted octanol–water partition coefficient (Wildman–Crippen LogP) is 3.92. The van der Waals surface area contributed by atoms with Gasteiger partial charge in [-0.3, -0.25) is 4.79 Å². The first-order valence-electron chi connectivity index (χ1n) is 9.84. The van der Waals surface area contributed by atoms with Gasteiger partial charge in [-0.2, -0.15) is 0 Å². The largest absolute Gasteiger partial charge is 0.355 e. The van der Waals surface area contributed by atoms with Gasteiger partial charge in [-0.05, 0) is 60.5 Å². The van der Waals surface area contributed by atoms with Gasteiger partial charge in [0, 0.05) is 19.6 Å². The average molecular weight is 411 g/mol. The molecule has 0 aliphatic carbocycles. The van der Waals surface area contributed by atoms with E-state index in [1.54, 1.807) is 23.5 Å². The van der Waals surface area contributed by atoms with Gasteiger partial charge in [0.05, 0.1) is 10.8 Å². The van der Waals surface area contributed by atoms with E-state index in [0.717, 1.165) is 41.3 Å². The monoisotopic (exact) mass is 410 g/mol. The fourth-order valence-electron chi connectivity index (χ4n) is 3.57. The van der Waals surface area contributed by atoms with Crippen molar-refractivity contribution in [1.29, 1.82) is 0 Å². The highest BCUT2D eigenvalue weighted by molar-refractivity contribution is 7.13. The third kappa shape index (κ3) is 4.98. The Morgan fingerprint density at radius 2 is 2.03 bits per heavy atom. The molecular formula is C22H23FN4OS. The molecule has 0 saturated carbocycles. The lowest BCUT2D eigenvalue weighted by Crippen LogP contribution is -2.43. The Morgan fingerprint density at radius 1 is 1.17 bits per heavy atom. The van der Waals surface area contributed by atoms with Crippen LogP contribution in [0, 0.1) is 11.7 Å². The first kappa shape index (κ1) is 19.5. The van der Waals surface area contributed by atoms with Gasteiger partial charge in [0.15, 0.2) is 5.82 Å². The van der Waals surface area contributed by atoms with Gasteiger partial charge < -0.3 is 10.2 Å². The van der Waals surface area contributed by atoms with Crippen LogP contribution in [0.2, 0.25) is 0 Å². The van der Waals surface area contributed by atoms with E-state index in [4.69, 9.17) is 0 Å². The maximum absolute atomic E-state index is 13.0. The molecule has 1 saturated heterocycles. The Morgan fingerprint density at radius 3 is 2.76 bits per heavy atom. The minimum Gasteiger partial charge on any atom is -0.355 e. The van der Waals surface area contributed by atoms with Crippen molar-refractivity contribution in [1.82, 2.24) is 15.5 Å². The van der Waals surface area contributed by atoms with Crippen LogP contribution in [0.5, 0.6) is 0 Å². The zero-order valence-electron chi connectivity index (χ0n) is 16.1. The van der Waals surface area contributed by atoms with E-state index >= 15 is 0 Å². The Labute approximate surface area is 173 Å². The first-order valence-corrected chi connectivity index (χ1v) is 10.7. The third-order valence-corrected chi connectivity index (χ3v) is 6.06. The van der Waals surface area contributed by atoms with E-state index in [1.807, 2.05) is 29.6 Å². The van der Waals surface area contributed by atoms with Crippen LogP contribution in [0.25, 0.3) is 10.6 Å². The smallest absolute Gasteiger partial charge is 0.224 e. The van der Waals surface area contributed by atoms with Crippen molar-refractivity contribution < 1.29 is 9.18 Å². The number of carbonyl (C=O) groups excluding carboxylic acids is 1. The molecule has 150 valence electrons. The minimum absolute atomic E-state index is 0.0595. The third-order valence-electron chi connectivity index (χ3n) is 5.17. The molecule has 29 heavy (non-hydrogen) atoms. The highest BCUT2D eigenvalue weighted by Gasteiger charge is 2.26. The number of amides is 1. The number of hydrogen-bond acceptors (Lipinski definition) is 5. The number of nitrogens with zero attached hydrogens (tertiary/aromatic N) is 3. The highest BCUT2D eigenvalue weighted by atomic mass is 32.1. The number of benzene rings is 1. The number of anilines is 1. The van der Waals surface area contributed by atoms with Crippen molar-refractivity contribution in [3.8, 4) is 10.6 Å². The molecule has 2 aromatic heterocycles. The summed E-state index contributed by atoms with van der Waals surface area (Å²) in [5.74, 6) is 0.580. The second-order valence-electron chi connectivity index (χ2n) is 7.21. The topological polar surface area (TPSA) is 58.1 Å². The summed E-state index contributed by atoms with van der Waals surface area (Å²) in [7, 11) is 0. The molecule has 1 N–H and O–H groups in total. The van der Waals surface area contributed by atoms with Gasteiger partial charge in [-0.25, -0.2) is 4.39 Å². The fraction of sp³-hybridized carbons (Fsp3) is 0.318. The second-order valence-corrected chi connectivity index (χ2v) is 8.15. The summed E-state index contributed by atoms with van der Waals surface area (Å²) in [6.45, 7) is 2.08. The van der Waals surface area contributed by atoms with Crippen LogP contribution in [0.4, 0.5) is 10.2 Å². The SMILES string of the molecule is O=C(NCCc1ccc(F)cc1)C1CCCN(c2ccc(-c3cccs3)nn2)C1. The van der Waals surface area contributed by atoms with Crippen LogP contribution < -0.4 is 10.2 Å². The van der Waals surface area contributed by atoms with Crippen molar-refractivity contribution in [2.45, 2.75) is 19.3 Å². The molecule has 5 nitrogen and oxygen atoms in total. The van der Waals surface area contributed by atoms with E-state index in [-0.39, 0.29) is 17.6 Å². The molecule has 7 heteroatoms. The average Bonchev–Trinajstić information content (AvgIpc) is 3.30. The number of aromatic nitrogens is 2. The van der Waals surface area contributed by atoms with Crippen LogP contribution in [-0.4, -0.2) is 35.7 Å². The predicted molar refractivity (Wildman–Crippen MR) is 113 cm³/mol. The molecule has 1 atom stereocenters. The van der Waals surface area contributed by atoms with Crippen LogP contribution >= 0.6 is 11.3 Å². The summed E-state index contributed by atoms with van der Waals surface area (Å²) in [6.07, 6.45) is 2.52. The standard InChI is InChI=1S/C22H23FN4OS/c23-18-7-5-16(6-8-18)11-12-24-22(28)17-3-1-13-27(15-17)21-10-9-19(25-26-21)20-4-2-14-29-20/h2,4-10,14,17H,1,3,11-13,15H2,(H,24,28). The Balaban J connectivity index is 1.30. The number of nitrogens with one attached hydrogen (secondary N) is 1. The quantitative estimate of drug-likeness (QED) is 0.669. The summed E-state index contributed by atoms with van der Waals surface area (Å²) < 4.78 is 13.0. The van der Waals surface area contributed by atoms with Crippen molar-refractivity contribution >= 4 is 23.1 Å². The van der Waals surface area contributed by atoms with Crippen molar-refractivity contribution in [2.75, 3.05) is 24.5 Å². The zero-order chi connectivity index (χ0) is 20.1. The van der Waals surface area contributed by atoms with E-state index < -0.39 is 0 Å². The number of thiophene rings is 1. The lowest BCUT2D eigenvalue weighted by atomic mass is 9.97. The molecule has 0 spiro atoms. The molecule has 1 fully saturated rings. The van der Waals surface area contributed by atoms with Crippen LogP contribution in [-0.2, 0) is 11.2 Å². The number of carbonyl (C=O) groups is 1. The minimum atomic E-state index is -0.244. The summed E-state index contributed by atoms with van der Waals surface area (Å²) >= 11 is 1.64. The van der Waals surface area contributed by atoms with Crippen LogP contribution in [0.3, 0.4) is 0 Å². The van der Waals surface area contributed by atoms with Gasteiger partial charge in [0.1, 0.15) is 11.5 Å². The molecule has 3 heterocycles. The number of piperidine rings is 1. The maximum Gasteiger partial charge on any atom is 0.224 e. The van der Waals surface area contributed by atoms with Crippen molar-refractivity contribution in [3.05, 3.63) is 65.3 Å². The molecule has 4 rings (SSSR count). The number of halogens is 1.